The third-order valence-electron chi connectivity index (χ3n) is 5.19. The molecule has 2 aliphatic heterocycles. The van der Waals surface area contributed by atoms with E-state index in [9.17, 15) is 18.0 Å². The van der Waals surface area contributed by atoms with Crippen molar-refractivity contribution < 1.29 is 18.0 Å². The van der Waals surface area contributed by atoms with Gasteiger partial charge in [0, 0.05) is 13.1 Å². The van der Waals surface area contributed by atoms with Gasteiger partial charge in [-0.15, -0.1) is 0 Å². The molecule has 0 saturated carbocycles. The Hall–Kier alpha value is -1.70. The van der Waals surface area contributed by atoms with Gasteiger partial charge in [0.1, 0.15) is 4.90 Å². The molecule has 0 aromatic heterocycles. The first-order valence-corrected chi connectivity index (χ1v) is 9.99. The molecule has 1 aromatic rings. The monoisotopic (exact) mass is 380 g/mol. The zero-order valence-electron chi connectivity index (χ0n) is 13.3. The smallest absolute Gasteiger partial charge is 0.244 e. The number of hydrogen-bond acceptors (Lipinski definition) is 4. The van der Waals surface area contributed by atoms with Crippen LogP contribution in [0, 0.1) is 11.8 Å². The van der Waals surface area contributed by atoms with Crippen molar-refractivity contribution in [2.75, 3.05) is 13.1 Å². The lowest BCUT2D eigenvalue weighted by Gasteiger charge is -2.42. The van der Waals surface area contributed by atoms with E-state index in [2.05, 4.69) is 0 Å². The van der Waals surface area contributed by atoms with E-state index in [0.717, 1.165) is 0 Å². The molecule has 0 bridgehead atoms. The lowest BCUT2D eigenvalue weighted by Crippen LogP contribution is -2.62. The number of fused-ring (bicyclic) bond motifs is 1. The van der Waals surface area contributed by atoms with Gasteiger partial charge in [-0.05, 0) is 25.0 Å². The Bertz CT molecular complexity index is 850. The molecule has 2 amide bonds. The van der Waals surface area contributed by atoms with Crippen LogP contribution in [0.1, 0.15) is 12.8 Å². The van der Waals surface area contributed by atoms with Gasteiger partial charge in [-0.25, -0.2) is 8.42 Å². The highest BCUT2D eigenvalue weighted by Gasteiger charge is 2.53. The van der Waals surface area contributed by atoms with Gasteiger partial charge in [0.05, 0.1) is 22.9 Å². The van der Waals surface area contributed by atoms with Crippen molar-refractivity contribution in [3.05, 3.63) is 41.4 Å². The van der Waals surface area contributed by atoms with Gasteiger partial charge in [-0.2, -0.15) is 4.31 Å². The predicted octanol–water partition coefficient (Wildman–Crippen LogP) is 1.66. The van der Waals surface area contributed by atoms with Crippen LogP contribution in [0.25, 0.3) is 0 Å². The minimum Gasteiger partial charge on any atom is -0.276 e. The standard InChI is InChI=1S/C17H17ClN2O4S/c18-14-7-3-4-8-15(14)25(23,24)19-9-11(10-19)20-16(21)12-5-1-2-6-13(12)17(20)22/h1-4,7-8,11-13H,5-6,9-10H2. The van der Waals surface area contributed by atoms with Crippen molar-refractivity contribution >= 4 is 33.4 Å². The summed E-state index contributed by atoms with van der Waals surface area (Å²) in [5.41, 5.74) is 0. The van der Waals surface area contributed by atoms with E-state index in [0.29, 0.717) is 12.8 Å². The molecule has 25 heavy (non-hydrogen) atoms. The Labute approximate surface area is 151 Å². The maximum Gasteiger partial charge on any atom is 0.244 e. The summed E-state index contributed by atoms with van der Waals surface area (Å²) in [5, 5.41) is 0.163. The van der Waals surface area contributed by atoms with E-state index in [-0.39, 0.29) is 52.7 Å². The summed E-state index contributed by atoms with van der Waals surface area (Å²) in [6, 6.07) is 5.87. The molecule has 0 N–H and O–H groups in total. The summed E-state index contributed by atoms with van der Waals surface area (Å²) in [6.45, 7) is 0.246. The van der Waals surface area contributed by atoms with Crippen LogP contribution >= 0.6 is 11.6 Å². The van der Waals surface area contributed by atoms with Crippen molar-refractivity contribution in [3.63, 3.8) is 0 Å². The second kappa shape index (κ2) is 5.93. The molecule has 2 saturated heterocycles. The van der Waals surface area contributed by atoms with Crippen LogP contribution < -0.4 is 0 Å². The van der Waals surface area contributed by atoms with Crippen LogP contribution in [-0.2, 0) is 19.6 Å². The van der Waals surface area contributed by atoms with Gasteiger partial charge < -0.3 is 0 Å². The molecule has 8 heteroatoms. The van der Waals surface area contributed by atoms with Crippen LogP contribution in [-0.4, -0.2) is 48.6 Å². The lowest BCUT2D eigenvalue weighted by atomic mass is 9.85. The Balaban J connectivity index is 1.50. The average Bonchev–Trinajstić information content (AvgIpc) is 2.79. The number of imide groups is 1. The zero-order chi connectivity index (χ0) is 17.8. The minimum atomic E-state index is -3.72. The third kappa shape index (κ3) is 2.53. The number of carbonyl (C=O) groups excluding carboxylic acids is 2. The maximum atomic E-state index is 12.7. The summed E-state index contributed by atoms with van der Waals surface area (Å²) in [7, 11) is -3.72. The zero-order valence-corrected chi connectivity index (χ0v) is 14.9. The normalized spacial score (nSPS) is 27.5. The Kier molecular flexibility index (Phi) is 3.97. The number of carbonyl (C=O) groups is 2. The average molecular weight is 381 g/mol. The number of hydrogen-bond donors (Lipinski definition) is 0. The van der Waals surface area contributed by atoms with E-state index >= 15 is 0 Å². The third-order valence-corrected chi connectivity index (χ3v) is 7.52. The van der Waals surface area contributed by atoms with Crippen LogP contribution in [0.4, 0.5) is 0 Å². The molecular formula is C17H17ClN2O4S. The van der Waals surface area contributed by atoms with E-state index in [1.165, 1.54) is 21.3 Å². The molecule has 2 unspecified atom stereocenters. The van der Waals surface area contributed by atoms with E-state index in [4.69, 9.17) is 11.6 Å². The molecule has 2 atom stereocenters. The number of sulfonamides is 1. The molecule has 0 spiro atoms. The molecular weight excluding hydrogens is 364 g/mol. The summed E-state index contributed by atoms with van der Waals surface area (Å²) in [5.74, 6) is -0.906. The number of nitrogens with zero attached hydrogens (tertiary/aromatic N) is 2. The Morgan fingerprint density at radius 2 is 1.52 bits per heavy atom. The fraction of sp³-hybridized carbons (Fsp3) is 0.412. The minimum absolute atomic E-state index is 0.0482. The fourth-order valence-electron chi connectivity index (χ4n) is 3.76. The van der Waals surface area contributed by atoms with Crippen molar-refractivity contribution in [2.24, 2.45) is 11.8 Å². The largest absolute Gasteiger partial charge is 0.276 e. The van der Waals surface area contributed by atoms with Crippen molar-refractivity contribution in [1.29, 1.82) is 0 Å². The van der Waals surface area contributed by atoms with Gasteiger partial charge in [-0.1, -0.05) is 35.9 Å². The predicted molar refractivity (Wildman–Crippen MR) is 91.2 cm³/mol. The Morgan fingerprint density at radius 3 is 2.08 bits per heavy atom. The van der Waals surface area contributed by atoms with Gasteiger partial charge in [-0.3, -0.25) is 14.5 Å². The van der Waals surface area contributed by atoms with Crippen LogP contribution in [0.15, 0.2) is 41.3 Å². The van der Waals surface area contributed by atoms with Crippen molar-refractivity contribution in [2.45, 2.75) is 23.8 Å². The first-order valence-electron chi connectivity index (χ1n) is 8.18. The highest BCUT2D eigenvalue weighted by atomic mass is 35.5. The second-order valence-electron chi connectivity index (χ2n) is 6.61. The Morgan fingerprint density at radius 1 is 0.960 bits per heavy atom. The van der Waals surface area contributed by atoms with Gasteiger partial charge in [0.25, 0.3) is 0 Å². The molecule has 2 fully saturated rings. The van der Waals surface area contributed by atoms with Gasteiger partial charge in [0.15, 0.2) is 0 Å². The van der Waals surface area contributed by atoms with Crippen molar-refractivity contribution in [1.82, 2.24) is 9.21 Å². The topological polar surface area (TPSA) is 74.8 Å². The highest BCUT2D eigenvalue weighted by molar-refractivity contribution is 7.89. The lowest BCUT2D eigenvalue weighted by molar-refractivity contribution is -0.145. The van der Waals surface area contributed by atoms with Crippen molar-refractivity contribution in [3.8, 4) is 0 Å². The van der Waals surface area contributed by atoms with Crippen LogP contribution in [0.5, 0.6) is 0 Å². The summed E-state index contributed by atoms with van der Waals surface area (Å²) >= 11 is 6.00. The SMILES string of the molecule is O=C1C2CC=CCC2C(=O)N1C1CN(S(=O)(=O)c2ccccc2Cl)C1. The molecule has 3 aliphatic rings. The summed E-state index contributed by atoms with van der Waals surface area (Å²) in [4.78, 5) is 26.4. The number of amides is 2. The number of rotatable bonds is 3. The van der Waals surface area contributed by atoms with E-state index in [1.807, 2.05) is 12.2 Å². The second-order valence-corrected chi connectivity index (χ2v) is 8.92. The number of halogens is 1. The van der Waals surface area contributed by atoms with Gasteiger partial charge in [0.2, 0.25) is 21.8 Å². The quantitative estimate of drug-likeness (QED) is 0.590. The van der Waals surface area contributed by atoms with Gasteiger partial charge >= 0.3 is 0 Å². The fourth-order valence-corrected chi connectivity index (χ4v) is 5.76. The molecule has 2 heterocycles. The van der Waals surface area contributed by atoms with Crippen LogP contribution in [0.3, 0.4) is 0 Å². The summed E-state index contributed by atoms with van der Waals surface area (Å²) in [6.07, 6.45) is 5.04. The highest BCUT2D eigenvalue weighted by Crippen LogP contribution is 2.38. The maximum absolute atomic E-state index is 12.7. The van der Waals surface area contributed by atoms with Crippen LogP contribution in [0.2, 0.25) is 5.02 Å². The molecule has 0 radical (unpaired) electrons. The molecule has 4 rings (SSSR count). The number of allylic oxidation sites excluding steroid dienone is 2. The van der Waals surface area contributed by atoms with E-state index < -0.39 is 10.0 Å². The molecule has 1 aliphatic carbocycles. The molecule has 1 aromatic carbocycles. The first kappa shape index (κ1) is 16.8. The molecule has 6 nitrogen and oxygen atoms in total. The number of likely N-dealkylation sites (tertiary alicyclic amines) is 1. The number of benzene rings is 1. The summed E-state index contributed by atoms with van der Waals surface area (Å²) < 4.78 is 26.6. The van der Waals surface area contributed by atoms with E-state index in [1.54, 1.807) is 12.1 Å². The molecule has 132 valence electrons. The first-order chi connectivity index (χ1) is 11.9.